The number of nitrogens with two attached hydrogens (primary N) is 1. The molecule has 0 radical (unpaired) electrons. The van der Waals surface area contributed by atoms with Gasteiger partial charge in [-0.2, -0.15) is 0 Å². The van der Waals surface area contributed by atoms with Crippen molar-refractivity contribution in [1.29, 1.82) is 0 Å². The normalized spacial score (nSPS) is 15.6. The molecule has 0 bridgehead atoms. The molecule has 1 saturated carbocycles. The van der Waals surface area contributed by atoms with Crippen LogP contribution in [-0.4, -0.2) is 52.9 Å². The van der Waals surface area contributed by atoms with Crippen molar-refractivity contribution >= 4 is 23.8 Å². The molecule has 2 unspecified atom stereocenters. The highest BCUT2D eigenvalue weighted by atomic mass is 16.6. The van der Waals surface area contributed by atoms with Crippen molar-refractivity contribution in [3.8, 4) is 0 Å². The molecule has 40 heavy (non-hydrogen) atoms. The van der Waals surface area contributed by atoms with Gasteiger partial charge in [-0.3, -0.25) is 14.4 Å². The molecule has 0 spiro atoms. The zero-order chi connectivity index (χ0) is 29.9. The number of carbonyl (C=O) groups excluding carboxylic acids is 4. The van der Waals surface area contributed by atoms with Gasteiger partial charge in [0.05, 0.1) is 0 Å². The smallest absolute Gasteiger partial charge is 0.408 e. The first-order chi connectivity index (χ1) is 18.8. The zero-order valence-corrected chi connectivity index (χ0v) is 25.3. The van der Waals surface area contributed by atoms with Crippen molar-refractivity contribution in [3.05, 3.63) is 34.9 Å². The van der Waals surface area contributed by atoms with Crippen LogP contribution < -0.4 is 16.4 Å². The lowest BCUT2D eigenvalue weighted by Gasteiger charge is -2.36. The van der Waals surface area contributed by atoms with E-state index in [-0.39, 0.29) is 24.8 Å². The van der Waals surface area contributed by atoms with E-state index in [9.17, 15) is 19.2 Å². The number of rotatable bonds is 13. The molecule has 2 atom stereocenters. The number of alkyl carbamates (subject to hydrolysis) is 1. The van der Waals surface area contributed by atoms with Crippen molar-refractivity contribution in [2.75, 3.05) is 6.54 Å². The molecule has 4 amide bonds. The van der Waals surface area contributed by atoms with E-state index in [1.54, 1.807) is 25.7 Å². The van der Waals surface area contributed by atoms with Gasteiger partial charge in [-0.1, -0.05) is 62.8 Å². The van der Waals surface area contributed by atoms with Crippen molar-refractivity contribution in [3.63, 3.8) is 0 Å². The number of unbranched alkanes of at least 4 members (excludes halogenated alkanes) is 2. The Morgan fingerprint density at radius 3 is 2.35 bits per heavy atom. The van der Waals surface area contributed by atoms with Gasteiger partial charge in [-0.25, -0.2) is 4.79 Å². The molecule has 9 nitrogen and oxygen atoms in total. The van der Waals surface area contributed by atoms with Crippen LogP contribution in [0.2, 0.25) is 0 Å². The number of carbonyl (C=O) groups is 4. The Kier molecular flexibility index (Phi) is 12.9. The Labute approximate surface area is 240 Å². The molecule has 1 aromatic rings. The summed E-state index contributed by atoms with van der Waals surface area (Å²) >= 11 is 0. The molecule has 0 heterocycles. The molecule has 1 aliphatic rings. The summed E-state index contributed by atoms with van der Waals surface area (Å²) in [5.41, 5.74) is 7.28. The predicted octanol–water partition coefficient (Wildman–Crippen LogP) is 4.97. The van der Waals surface area contributed by atoms with Crippen LogP contribution in [0, 0.1) is 13.8 Å². The Bertz CT molecular complexity index is 1010. The molecular weight excluding hydrogens is 508 g/mol. The van der Waals surface area contributed by atoms with E-state index in [1.807, 2.05) is 32.0 Å². The Morgan fingerprint density at radius 2 is 1.75 bits per heavy atom. The second kappa shape index (κ2) is 15.6. The quantitative estimate of drug-likeness (QED) is 0.294. The first kappa shape index (κ1) is 33.1. The minimum atomic E-state index is -1.08. The largest absolute Gasteiger partial charge is 0.444 e. The van der Waals surface area contributed by atoms with Crippen molar-refractivity contribution in [1.82, 2.24) is 15.5 Å². The van der Waals surface area contributed by atoms with Crippen LogP contribution in [0.4, 0.5) is 4.79 Å². The van der Waals surface area contributed by atoms with Crippen molar-refractivity contribution < 1.29 is 23.9 Å². The van der Waals surface area contributed by atoms with Gasteiger partial charge < -0.3 is 26.0 Å². The average Bonchev–Trinajstić information content (AvgIpc) is 2.87. The van der Waals surface area contributed by atoms with Gasteiger partial charge in [0.25, 0.3) is 0 Å². The molecule has 4 N–H and O–H groups in total. The number of hydrogen-bond acceptors (Lipinski definition) is 5. The van der Waals surface area contributed by atoms with Gasteiger partial charge in [0, 0.05) is 19.0 Å². The first-order valence-electron chi connectivity index (χ1n) is 14.8. The van der Waals surface area contributed by atoms with Gasteiger partial charge in [0.2, 0.25) is 17.7 Å². The molecule has 2 rings (SSSR count). The summed E-state index contributed by atoms with van der Waals surface area (Å²) in [5, 5.41) is 5.89. The van der Waals surface area contributed by atoms with E-state index in [4.69, 9.17) is 10.5 Å². The minimum absolute atomic E-state index is 0.00144. The summed E-state index contributed by atoms with van der Waals surface area (Å²) in [6.07, 6.45) is 6.75. The number of primary amides is 1. The number of nitrogens with zero attached hydrogens (tertiary/aromatic N) is 1. The molecule has 1 aromatic carbocycles. The van der Waals surface area contributed by atoms with E-state index in [0.29, 0.717) is 13.0 Å². The van der Waals surface area contributed by atoms with Crippen LogP contribution >= 0.6 is 0 Å². The lowest BCUT2D eigenvalue weighted by Crippen LogP contribution is -2.54. The van der Waals surface area contributed by atoms with Crippen LogP contribution in [-0.2, 0) is 19.1 Å². The van der Waals surface area contributed by atoms with E-state index in [2.05, 4.69) is 17.6 Å². The number of amides is 4. The topological polar surface area (TPSA) is 131 Å². The molecule has 1 aliphatic carbocycles. The number of hydrogen-bond donors (Lipinski definition) is 3. The standard InChI is InChI=1S/C31H50N4O5/c1-7-8-12-19-35(29(38)25(17-18-26(32)36)34-30(39)40-31(4,5)6)27(24-20-21(2)15-16-22(24)3)28(37)33-23-13-10-9-11-14-23/h15-16,20,23,25,27H,7-14,17-19H2,1-6H3,(H2,32,36)(H,33,37)(H,34,39). The Morgan fingerprint density at radius 1 is 1.07 bits per heavy atom. The molecule has 9 heteroatoms. The van der Waals surface area contributed by atoms with Crippen molar-refractivity contribution in [2.45, 2.75) is 129 Å². The maximum Gasteiger partial charge on any atom is 0.408 e. The summed E-state index contributed by atoms with van der Waals surface area (Å²) < 4.78 is 5.42. The number of benzene rings is 1. The highest BCUT2D eigenvalue weighted by Gasteiger charge is 2.37. The summed E-state index contributed by atoms with van der Waals surface area (Å²) in [6.45, 7) is 11.5. The van der Waals surface area contributed by atoms with E-state index in [0.717, 1.165) is 61.6 Å². The van der Waals surface area contributed by atoms with Gasteiger partial charge in [-0.05, 0) is 71.4 Å². The Hall–Kier alpha value is -3.10. The molecule has 1 fully saturated rings. The molecule has 0 saturated heterocycles. The number of ether oxygens (including phenoxy) is 1. The zero-order valence-electron chi connectivity index (χ0n) is 25.3. The SMILES string of the molecule is CCCCCN(C(=O)C(CCC(N)=O)NC(=O)OC(C)(C)C)C(C(=O)NC1CCCCC1)c1cc(C)ccc1C. The average molecular weight is 559 g/mol. The third-order valence-electron chi connectivity index (χ3n) is 7.20. The van der Waals surface area contributed by atoms with E-state index < -0.39 is 35.6 Å². The highest BCUT2D eigenvalue weighted by Crippen LogP contribution is 2.29. The third-order valence-corrected chi connectivity index (χ3v) is 7.20. The van der Waals surface area contributed by atoms with Crippen LogP contribution in [0.1, 0.15) is 115 Å². The Balaban J connectivity index is 2.53. The predicted molar refractivity (Wildman–Crippen MR) is 156 cm³/mol. The van der Waals surface area contributed by atoms with Gasteiger partial charge in [-0.15, -0.1) is 0 Å². The summed E-state index contributed by atoms with van der Waals surface area (Å²) in [4.78, 5) is 54.3. The number of aryl methyl sites for hydroxylation is 2. The second-order valence-corrected chi connectivity index (χ2v) is 12.0. The maximum atomic E-state index is 14.3. The molecule has 0 aliphatic heterocycles. The fourth-order valence-electron chi connectivity index (χ4n) is 5.12. The van der Waals surface area contributed by atoms with Crippen LogP contribution in [0.3, 0.4) is 0 Å². The fourth-order valence-corrected chi connectivity index (χ4v) is 5.12. The van der Waals surface area contributed by atoms with Crippen LogP contribution in [0.5, 0.6) is 0 Å². The summed E-state index contributed by atoms with van der Waals surface area (Å²) in [6, 6.07) is 4.00. The van der Waals surface area contributed by atoms with Crippen molar-refractivity contribution in [2.24, 2.45) is 5.73 Å². The van der Waals surface area contributed by atoms with Crippen LogP contribution in [0.25, 0.3) is 0 Å². The number of nitrogens with one attached hydrogen (secondary N) is 2. The monoisotopic (exact) mass is 558 g/mol. The molecular formula is C31H50N4O5. The lowest BCUT2D eigenvalue weighted by atomic mass is 9.93. The van der Waals surface area contributed by atoms with Gasteiger partial charge >= 0.3 is 6.09 Å². The van der Waals surface area contributed by atoms with E-state index in [1.165, 1.54) is 0 Å². The minimum Gasteiger partial charge on any atom is -0.444 e. The third kappa shape index (κ3) is 10.8. The molecule has 224 valence electrons. The second-order valence-electron chi connectivity index (χ2n) is 12.0. The lowest BCUT2D eigenvalue weighted by molar-refractivity contribution is -0.143. The van der Waals surface area contributed by atoms with Gasteiger partial charge in [0.15, 0.2) is 0 Å². The summed E-state index contributed by atoms with van der Waals surface area (Å²) in [5.74, 6) is -1.24. The van der Waals surface area contributed by atoms with Gasteiger partial charge in [0.1, 0.15) is 17.7 Å². The first-order valence-corrected chi connectivity index (χ1v) is 14.8. The maximum absolute atomic E-state index is 14.3. The highest BCUT2D eigenvalue weighted by molar-refractivity contribution is 5.92. The molecule has 0 aromatic heterocycles. The van der Waals surface area contributed by atoms with E-state index >= 15 is 0 Å². The fraction of sp³-hybridized carbons (Fsp3) is 0.677. The summed E-state index contributed by atoms with van der Waals surface area (Å²) in [7, 11) is 0. The van der Waals surface area contributed by atoms with Crippen LogP contribution in [0.15, 0.2) is 18.2 Å².